The molecule has 0 aromatic heterocycles. The summed E-state index contributed by atoms with van der Waals surface area (Å²) in [5, 5.41) is 27.0. The fraction of sp³-hybridized carbons (Fsp3) is 0. The van der Waals surface area contributed by atoms with Crippen LogP contribution in [0.2, 0.25) is 0 Å². The zero-order chi connectivity index (χ0) is 32.8. The standard InChI is InChI=1S/C42H26O6/c43-41(44)33-21-17-27-11-3-7-15-31(27)39(33)47-35-23-19-25-9-1-5-13-29(25)37(35)38-30-14-6-2-10-26(30)20-24-36(38)48-40-32-16-8-4-12-28(32)18-22-34(40)42(45)46/h1-24H,(H,43,44)(H,45,46). The van der Waals surface area contributed by atoms with Gasteiger partial charge in [-0.1, -0.05) is 121 Å². The van der Waals surface area contributed by atoms with E-state index >= 15 is 0 Å². The molecule has 6 heteroatoms. The molecule has 2 N–H and O–H groups in total. The Balaban J connectivity index is 1.44. The summed E-state index contributed by atoms with van der Waals surface area (Å²) in [4.78, 5) is 25.0. The van der Waals surface area contributed by atoms with E-state index in [9.17, 15) is 19.8 Å². The van der Waals surface area contributed by atoms with Gasteiger partial charge in [0.15, 0.2) is 0 Å². The van der Waals surface area contributed by atoms with Crippen molar-refractivity contribution in [2.75, 3.05) is 0 Å². The predicted octanol–water partition coefficient (Wildman–Crippen LogP) is 10.9. The summed E-state index contributed by atoms with van der Waals surface area (Å²) in [6, 6.07) is 45.0. The van der Waals surface area contributed by atoms with E-state index in [0.29, 0.717) is 33.4 Å². The molecule has 6 nitrogen and oxygen atoms in total. The third kappa shape index (κ3) is 4.84. The molecule has 0 spiro atoms. The molecule has 0 aliphatic heterocycles. The fourth-order valence-corrected chi connectivity index (χ4v) is 6.45. The van der Waals surface area contributed by atoms with Crippen LogP contribution in [0.15, 0.2) is 146 Å². The number of aromatic carboxylic acids is 2. The van der Waals surface area contributed by atoms with Gasteiger partial charge in [-0.05, 0) is 56.6 Å². The van der Waals surface area contributed by atoms with Crippen LogP contribution in [0.3, 0.4) is 0 Å². The third-order valence-electron chi connectivity index (χ3n) is 8.68. The average Bonchev–Trinajstić information content (AvgIpc) is 3.11. The van der Waals surface area contributed by atoms with Gasteiger partial charge in [-0.25, -0.2) is 9.59 Å². The molecule has 48 heavy (non-hydrogen) atoms. The summed E-state index contributed by atoms with van der Waals surface area (Å²) in [7, 11) is 0. The van der Waals surface area contributed by atoms with Gasteiger partial charge in [-0.3, -0.25) is 0 Å². The molecule has 0 saturated carbocycles. The van der Waals surface area contributed by atoms with Crippen LogP contribution >= 0.6 is 0 Å². The minimum atomic E-state index is -1.11. The van der Waals surface area contributed by atoms with E-state index in [1.807, 2.05) is 121 Å². The van der Waals surface area contributed by atoms with Gasteiger partial charge in [0, 0.05) is 21.9 Å². The van der Waals surface area contributed by atoms with Gasteiger partial charge in [0.25, 0.3) is 0 Å². The summed E-state index contributed by atoms with van der Waals surface area (Å²) in [5.74, 6) is -0.923. The lowest BCUT2D eigenvalue weighted by Crippen LogP contribution is -2.03. The SMILES string of the molecule is O=C(O)c1ccc2ccccc2c1Oc1ccc2ccccc2c1-c1c(Oc2c(C(=O)O)ccc3ccccc23)ccc2ccccc12. The van der Waals surface area contributed by atoms with Crippen LogP contribution in [-0.2, 0) is 0 Å². The zero-order valence-corrected chi connectivity index (χ0v) is 25.4. The van der Waals surface area contributed by atoms with Crippen molar-refractivity contribution in [1.82, 2.24) is 0 Å². The highest BCUT2D eigenvalue weighted by molar-refractivity contribution is 6.11. The Bertz CT molecular complexity index is 2410. The van der Waals surface area contributed by atoms with Gasteiger partial charge in [0.05, 0.1) is 0 Å². The van der Waals surface area contributed by atoms with E-state index in [1.54, 1.807) is 24.3 Å². The van der Waals surface area contributed by atoms with Crippen LogP contribution < -0.4 is 9.47 Å². The lowest BCUT2D eigenvalue weighted by atomic mass is 9.92. The summed E-state index contributed by atoms with van der Waals surface area (Å²) < 4.78 is 13.5. The molecule has 0 unspecified atom stereocenters. The first-order chi connectivity index (χ1) is 23.5. The minimum absolute atomic E-state index is 0.0315. The second-order valence-corrected chi connectivity index (χ2v) is 11.5. The molecule has 0 fully saturated rings. The summed E-state index contributed by atoms with van der Waals surface area (Å²) in [5.41, 5.74) is 1.43. The van der Waals surface area contributed by atoms with E-state index in [2.05, 4.69) is 0 Å². The van der Waals surface area contributed by atoms with Crippen molar-refractivity contribution >= 4 is 55.0 Å². The highest BCUT2D eigenvalue weighted by Gasteiger charge is 2.24. The van der Waals surface area contributed by atoms with E-state index in [-0.39, 0.29) is 22.6 Å². The van der Waals surface area contributed by atoms with Gasteiger partial charge in [-0.15, -0.1) is 0 Å². The number of hydrogen-bond donors (Lipinski definition) is 2. The van der Waals surface area contributed by atoms with Gasteiger partial charge in [-0.2, -0.15) is 0 Å². The largest absolute Gasteiger partial charge is 0.478 e. The number of hydrogen-bond acceptors (Lipinski definition) is 4. The van der Waals surface area contributed by atoms with E-state index in [0.717, 1.165) is 32.3 Å². The molecule has 0 aliphatic carbocycles. The van der Waals surface area contributed by atoms with Crippen molar-refractivity contribution in [3.8, 4) is 34.1 Å². The van der Waals surface area contributed by atoms with Crippen molar-refractivity contribution in [1.29, 1.82) is 0 Å². The van der Waals surface area contributed by atoms with Crippen LogP contribution in [0.5, 0.6) is 23.0 Å². The molecule has 0 saturated heterocycles. The smallest absolute Gasteiger partial charge is 0.339 e. The summed E-state index contributed by atoms with van der Waals surface area (Å²) in [6.45, 7) is 0. The van der Waals surface area contributed by atoms with Gasteiger partial charge >= 0.3 is 11.9 Å². The van der Waals surface area contributed by atoms with E-state index in [4.69, 9.17) is 9.47 Å². The number of fused-ring (bicyclic) bond motifs is 4. The van der Waals surface area contributed by atoms with E-state index < -0.39 is 11.9 Å². The molecule has 0 bridgehead atoms. The quantitative estimate of drug-likeness (QED) is 0.183. The monoisotopic (exact) mass is 626 g/mol. The first-order valence-electron chi connectivity index (χ1n) is 15.4. The molecule has 8 rings (SSSR count). The number of carbonyl (C=O) groups is 2. The minimum Gasteiger partial charge on any atom is -0.478 e. The Morgan fingerprint density at radius 3 is 1.06 bits per heavy atom. The van der Waals surface area contributed by atoms with Crippen LogP contribution in [0.1, 0.15) is 20.7 Å². The Labute approximate surface area is 274 Å². The molecular weight excluding hydrogens is 600 g/mol. The number of carboxylic acids is 2. The second-order valence-electron chi connectivity index (χ2n) is 11.5. The maximum absolute atomic E-state index is 12.5. The van der Waals surface area contributed by atoms with Crippen molar-refractivity contribution < 1.29 is 29.3 Å². The lowest BCUT2D eigenvalue weighted by molar-refractivity contribution is 0.0683. The lowest BCUT2D eigenvalue weighted by Gasteiger charge is -2.21. The van der Waals surface area contributed by atoms with Crippen molar-refractivity contribution in [3.05, 3.63) is 157 Å². The van der Waals surface area contributed by atoms with Crippen LogP contribution in [0, 0.1) is 0 Å². The predicted molar refractivity (Wildman–Crippen MR) is 189 cm³/mol. The molecule has 0 amide bonds. The van der Waals surface area contributed by atoms with Crippen LogP contribution in [-0.4, -0.2) is 22.2 Å². The fourth-order valence-electron chi connectivity index (χ4n) is 6.45. The Hall–Kier alpha value is -6.66. The van der Waals surface area contributed by atoms with Crippen molar-refractivity contribution in [2.24, 2.45) is 0 Å². The Kier molecular flexibility index (Phi) is 6.96. The summed E-state index contributed by atoms with van der Waals surface area (Å²) >= 11 is 0. The first kappa shape index (κ1) is 28.8. The molecule has 0 radical (unpaired) electrons. The topological polar surface area (TPSA) is 93.1 Å². The normalized spacial score (nSPS) is 11.2. The van der Waals surface area contributed by atoms with Crippen LogP contribution in [0.25, 0.3) is 54.2 Å². The highest BCUT2D eigenvalue weighted by atomic mass is 16.5. The molecule has 8 aromatic carbocycles. The number of carboxylic acid groups (broad SMARTS) is 2. The number of ether oxygens (including phenoxy) is 2. The maximum atomic E-state index is 12.5. The molecular formula is C42H26O6. The Morgan fingerprint density at radius 1 is 0.375 bits per heavy atom. The number of rotatable bonds is 7. The second kappa shape index (κ2) is 11.6. The van der Waals surface area contributed by atoms with Gasteiger partial charge < -0.3 is 19.7 Å². The molecule has 0 aliphatic rings. The number of benzene rings is 8. The van der Waals surface area contributed by atoms with Gasteiger partial charge in [0.1, 0.15) is 34.1 Å². The molecule has 8 aromatic rings. The molecule has 0 heterocycles. The maximum Gasteiger partial charge on any atom is 0.339 e. The zero-order valence-electron chi connectivity index (χ0n) is 25.4. The molecule has 0 atom stereocenters. The van der Waals surface area contributed by atoms with E-state index in [1.165, 1.54) is 0 Å². The van der Waals surface area contributed by atoms with Gasteiger partial charge in [0.2, 0.25) is 0 Å². The molecule has 230 valence electrons. The Morgan fingerprint density at radius 2 is 0.688 bits per heavy atom. The van der Waals surface area contributed by atoms with Crippen molar-refractivity contribution in [2.45, 2.75) is 0 Å². The third-order valence-corrected chi connectivity index (χ3v) is 8.68. The average molecular weight is 627 g/mol. The first-order valence-corrected chi connectivity index (χ1v) is 15.4. The van der Waals surface area contributed by atoms with Crippen LogP contribution in [0.4, 0.5) is 0 Å². The van der Waals surface area contributed by atoms with Crippen molar-refractivity contribution in [3.63, 3.8) is 0 Å². The highest BCUT2D eigenvalue weighted by Crippen LogP contribution is 2.49. The summed E-state index contributed by atoms with van der Waals surface area (Å²) in [6.07, 6.45) is 0.